The number of nitrogens with zero attached hydrogens (tertiary/aromatic N) is 1. The smallest absolute Gasteiger partial charge is 0.416 e. The number of hydrogen-bond donors (Lipinski definition) is 3. The van der Waals surface area contributed by atoms with Gasteiger partial charge in [-0.05, 0) is 66.8 Å². The second kappa shape index (κ2) is 9.22. The molecule has 3 aromatic carbocycles. The van der Waals surface area contributed by atoms with E-state index in [1.807, 2.05) is 48.5 Å². The molecule has 5 rings (SSSR count). The molecule has 9 heteroatoms. The molecule has 1 unspecified atom stereocenters. The first-order valence-electron chi connectivity index (χ1n) is 11.6. The van der Waals surface area contributed by atoms with Crippen molar-refractivity contribution in [2.75, 3.05) is 7.11 Å². The van der Waals surface area contributed by atoms with E-state index in [0.717, 1.165) is 34.5 Å². The second-order valence-electron chi connectivity index (χ2n) is 9.00. The number of carbonyl (C=O) groups excluding carboxylic acids is 1. The summed E-state index contributed by atoms with van der Waals surface area (Å²) >= 11 is 0. The van der Waals surface area contributed by atoms with E-state index in [1.165, 1.54) is 12.1 Å². The third-order valence-electron chi connectivity index (χ3n) is 6.51. The molecule has 3 N–H and O–H groups in total. The van der Waals surface area contributed by atoms with Gasteiger partial charge in [0.25, 0.3) is 0 Å². The van der Waals surface area contributed by atoms with Gasteiger partial charge in [-0.3, -0.25) is 0 Å². The first kappa shape index (κ1) is 23.7. The van der Waals surface area contributed by atoms with Crippen LogP contribution in [0.5, 0.6) is 5.75 Å². The maximum Gasteiger partial charge on any atom is 0.416 e. The maximum absolute atomic E-state index is 13.1. The minimum absolute atomic E-state index is 0.411. The zero-order chi connectivity index (χ0) is 25.3. The number of carbonyl (C=O) groups is 1. The lowest BCUT2D eigenvalue weighted by molar-refractivity contribution is -0.137. The molecule has 0 spiro atoms. The Labute approximate surface area is 205 Å². The Hall–Kier alpha value is -4.01. The highest BCUT2D eigenvalue weighted by molar-refractivity contribution is 5.77. The van der Waals surface area contributed by atoms with Crippen LogP contribution in [0.4, 0.5) is 18.0 Å². The van der Waals surface area contributed by atoms with Gasteiger partial charge in [0.2, 0.25) is 0 Å². The van der Waals surface area contributed by atoms with Gasteiger partial charge in [-0.25, -0.2) is 9.78 Å². The van der Waals surface area contributed by atoms with Gasteiger partial charge in [0.05, 0.1) is 35.3 Å². The number of aromatic nitrogens is 2. The SMILES string of the molecule is COc1ccc(CC(NC(=O)NC2(c3ccc(C(F)(F)F)cc3)CC2)c2nc3ccccc3[nH]2)cc1. The number of halogens is 3. The van der Waals surface area contributed by atoms with Crippen molar-refractivity contribution < 1.29 is 22.7 Å². The highest BCUT2D eigenvalue weighted by Gasteiger charge is 2.46. The quantitative estimate of drug-likeness (QED) is 0.301. The molecule has 2 amide bonds. The molecule has 0 bridgehead atoms. The summed E-state index contributed by atoms with van der Waals surface area (Å²) in [4.78, 5) is 21.1. The summed E-state index contributed by atoms with van der Waals surface area (Å²) in [7, 11) is 1.60. The third kappa shape index (κ3) is 5.00. The molecule has 0 aliphatic heterocycles. The number of urea groups is 1. The zero-order valence-corrected chi connectivity index (χ0v) is 19.5. The van der Waals surface area contributed by atoms with E-state index in [-0.39, 0.29) is 0 Å². The molecule has 1 atom stereocenters. The first-order chi connectivity index (χ1) is 17.3. The number of ether oxygens (including phenoxy) is 1. The molecule has 1 aliphatic carbocycles. The number of methoxy groups -OCH3 is 1. The molecule has 4 aromatic rings. The van der Waals surface area contributed by atoms with Crippen LogP contribution < -0.4 is 15.4 Å². The van der Waals surface area contributed by atoms with Crippen LogP contribution in [0.25, 0.3) is 11.0 Å². The van der Waals surface area contributed by atoms with Gasteiger partial charge in [-0.15, -0.1) is 0 Å². The number of H-pyrrole nitrogens is 1. The first-order valence-corrected chi connectivity index (χ1v) is 11.6. The zero-order valence-electron chi connectivity index (χ0n) is 19.5. The molecular weight excluding hydrogens is 469 g/mol. The van der Waals surface area contributed by atoms with E-state index in [0.29, 0.717) is 30.7 Å². The van der Waals surface area contributed by atoms with Crippen molar-refractivity contribution in [1.82, 2.24) is 20.6 Å². The largest absolute Gasteiger partial charge is 0.497 e. The van der Waals surface area contributed by atoms with Crippen molar-refractivity contribution in [3.05, 3.63) is 95.3 Å². The molecule has 0 saturated heterocycles. The Kier molecular flexibility index (Phi) is 6.07. The minimum atomic E-state index is -4.40. The predicted molar refractivity (Wildman–Crippen MR) is 130 cm³/mol. The maximum atomic E-state index is 13.1. The fraction of sp³-hybridized carbons (Fsp3) is 0.259. The van der Waals surface area contributed by atoms with Gasteiger partial charge in [-0.2, -0.15) is 13.2 Å². The Balaban J connectivity index is 1.35. The van der Waals surface area contributed by atoms with E-state index >= 15 is 0 Å². The number of fused-ring (bicyclic) bond motifs is 1. The van der Waals surface area contributed by atoms with Crippen LogP contribution in [-0.2, 0) is 18.1 Å². The van der Waals surface area contributed by atoms with Crippen LogP contribution in [0, 0.1) is 0 Å². The topological polar surface area (TPSA) is 79.0 Å². The van der Waals surface area contributed by atoms with Crippen LogP contribution in [0.2, 0.25) is 0 Å². The lowest BCUT2D eigenvalue weighted by atomic mass is 10.0. The number of hydrogen-bond acceptors (Lipinski definition) is 3. The van der Waals surface area contributed by atoms with Gasteiger partial charge < -0.3 is 20.4 Å². The van der Waals surface area contributed by atoms with Crippen molar-refractivity contribution in [2.45, 2.75) is 37.0 Å². The monoisotopic (exact) mass is 494 g/mol. The van der Waals surface area contributed by atoms with Gasteiger partial charge in [0, 0.05) is 0 Å². The number of aromatic amines is 1. The molecule has 1 aliphatic rings. The van der Waals surface area contributed by atoms with Crippen molar-refractivity contribution in [2.24, 2.45) is 0 Å². The molecule has 1 heterocycles. The van der Waals surface area contributed by atoms with Crippen LogP contribution in [0.3, 0.4) is 0 Å². The van der Waals surface area contributed by atoms with Crippen LogP contribution >= 0.6 is 0 Å². The number of benzene rings is 3. The summed E-state index contributed by atoms with van der Waals surface area (Å²) < 4.78 is 44.1. The Bertz CT molecular complexity index is 1330. The van der Waals surface area contributed by atoms with Crippen molar-refractivity contribution in [1.29, 1.82) is 0 Å². The Morgan fingerprint density at radius 1 is 1.06 bits per heavy atom. The van der Waals surface area contributed by atoms with Gasteiger partial charge in [0.15, 0.2) is 0 Å². The number of alkyl halides is 3. The van der Waals surface area contributed by atoms with Crippen LogP contribution in [-0.4, -0.2) is 23.1 Å². The molecule has 0 radical (unpaired) electrons. The molecule has 186 valence electrons. The minimum Gasteiger partial charge on any atom is -0.497 e. The standard InChI is InChI=1S/C27H25F3N4O2/c1-36-20-12-6-17(7-13-20)16-23(24-31-21-4-2-3-5-22(21)32-24)33-25(35)34-26(14-15-26)18-8-10-19(11-9-18)27(28,29)30/h2-13,23H,14-16H2,1H3,(H,31,32)(H2,33,34,35). The Morgan fingerprint density at radius 3 is 2.36 bits per heavy atom. The normalized spacial score (nSPS) is 15.3. The third-order valence-corrected chi connectivity index (χ3v) is 6.51. The Morgan fingerprint density at radius 2 is 1.75 bits per heavy atom. The number of nitrogens with one attached hydrogen (secondary N) is 3. The van der Waals surface area contributed by atoms with E-state index < -0.39 is 29.4 Å². The lowest BCUT2D eigenvalue weighted by Crippen LogP contribution is -2.44. The average Bonchev–Trinajstić information content (AvgIpc) is 3.51. The lowest BCUT2D eigenvalue weighted by Gasteiger charge is -2.22. The van der Waals surface area contributed by atoms with Gasteiger partial charge in [-0.1, -0.05) is 36.4 Å². The average molecular weight is 495 g/mol. The summed E-state index contributed by atoms with van der Waals surface area (Å²) in [5, 5.41) is 6.00. The van der Waals surface area contributed by atoms with E-state index in [2.05, 4.69) is 20.6 Å². The molecule has 1 saturated carbocycles. The van der Waals surface area contributed by atoms with E-state index in [1.54, 1.807) is 7.11 Å². The molecule has 1 aromatic heterocycles. The number of amides is 2. The summed E-state index contributed by atoms with van der Waals surface area (Å²) in [5.74, 6) is 1.35. The number of rotatable bonds is 7. The van der Waals surface area contributed by atoms with Crippen molar-refractivity contribution >= 4 is 17.1 Å². The van der Waals surface area contributed by atoms with Crippen molar-refractivity contribution in [3.63, 3.8) is 0 Å². The van der Waals surface area contributed by atoms with Gasteiger partial charge in [0.1, 0.15) is 11.6 Å². The molecule has 6 nitrogen and oxygen atoms in total. The summed E-state index contributed by atoms with van der Waals surface area (Å²) in [6.45, 7) is 0. The highest BCUT2D eigenvalue weighted by atomic mass is 19.4. The van der Waals surface area contributed by atoms with E-state index in [9.17, 15) is 18.0 Å². The van der Waals surface area contributed by atoms with E-state index in [4.69, 9.17) is 4.74 Å². The summed E-state index contributed by atoms with van der Waals surface area (Å²) in [5.41, 5.74) is 1.89. The molecule has 1 fully saturated rings. The fourth-order valence-electron chi connectivity index (χ4n) is 4.35. The van der Waals surface area contributed by atoms with Crippen LogP contribution in [0.1, 0.15) is 41.4 Å². The molecular formula is C27H25F3N4O2. The van der Waals surface area contributed by atoms with Gasteiger partial charge >= 0.3 is 12.2 Å². The number of para-hydroxylation sites is 2. The molecule has 36 heavy (non-hydrogen) atoms. The van der Waals surface area contributed by atoms with Crippen molar-refractivity contribution in [3.8, 4) is 5.75 Å². The van der Waals surface area contributed by atoms with Crippen LogP contribution in [0.15, 0.2) is 72.8 Å². The summed E-state index contributed by atoms with van der Waals surface area (Å²) in [6.07, 6.45) is -2.62. The fourth-order valence-corrected chi connectivity index (χ4v) is 4.35. The second-order valence-corrected chi connectivity index (χ2v) is 9.00. The highest BCUT2D eigenvalue weighted by Crippen LogP contribution is 2.46. The summed E-state index contributed by atoms with van der Waals surface area (Å²) in [6, 6.07) is 19.3. The predicted octanol–water partition coefficient (Wildman–Crippen LogP) is 5.86. The number of imidazole rings is 1.